The maximum atomic E-state index is 13.2. The lowest BCUT2D eigenvalue weighted by atomic mass is 9.95. The van der Waals surface area contributed by atoms with Crippen molar-refractivity contribution in [2.45, 2.75) is 69.0 Å². The Morgan fingerprint density at radius 1 is 1.31 bits per heavy atom. The number of alkyl halides is 3. The average Bonchev–Trinajstić information content (AvgIpc) is 3.25. The van der Waals surface area contributed by atoms with Crippen molar-refractivity contribution < 1.29 is 26.4 Å². The minimum Gasteiger partial charge on any atom is -0.350 e. The summed E-state index contributed by atoms with van der Waals surface area (Å²) in [6, 6.07) is -0.599. The molecule has 0 spiro atoms. The number of amides is 1. The highest BCUT2D eigenvalue weighted by Gasteiger charge is 2.56. The zero-order valence-corrected chi connectivity index (χ0v) is 15.5. The maximum absolute atomic E-state index is 13.2. The summed E-state index contributed by atoms with van der Waals surface area (Å²) in [5.41, 5.74) is -0.280. The second-order valence-electron chi connectivity index (χ2n) is 7.26. The zero-order chi connectivity index (χ0) is 19.3. The van der Waals surface area contributed by atoms with Gasteiger partial charge in [-0.15, -0.1) is 0 Å². The van der Waals surface area contributed by atoms with Crippen LogP contribution < -0.4 is 5.32 Å². The van der Waals surface area contributed by atoms with Gasteiger partial charge in [0.25, 0.3) is 0 Å². The summed E-state index contributed by atoms with van der Waals surface area (Å²) >= 11 is 0. The van der Waals surface area contributed by atoms with Crippen LogP contribution in [0.5, 0.6) is 0 Å². The number of hydrogen-bond acceptors (Lipinski definition) is 4. The Balaban J connectivity index is 1.77. The molecule has 26 heavy (non-hydrogen) atoms. The predicted molar refractivity (Wildman–Crippen MR) is 88.3 cm³/mol. The molecule has 2 aliphatic carbocycles. The summed E-state index contributed by atoms with van der Waals surface area (Å²) in [7, 11) is -3.32. The van der Waals surface area contributed by atoms with Crippen LogP contribution in [0.15, 0.2) is 0 Å². The van der Waals surface area contributed by atoms with E-state index in [1.54, 1.807) is 6.92 Å². The molecule has 1 atom stereocenters. The minimum atomic E-state index is -4.55. The average molecular weight is 393 g/mol. The van der Waals surface area contributed by atoms with E-state index >= 15 is 0 Å². The molecule has 0 radical (unpaired) electrons. The molecule has 1 N–H and O–H groups in total. The first kappa shape index (κ1) is 19.2. The van der Waals surface area contributed by atoms with Crippen LogP contribution in [0.3, 0.4) is 0 Å². The van der Waals surface area contributed by atoms with E-state index in [9.17, 15) is 26.4 Å². The van der Waals surface area contributed by atoms with Gasteiger partial charge >= 0.3 is 6.18 Å². The molecule has 0 saturated heterocycles. The highest BCUT2D eigenvalue weighted by Crippen LogP contribution is 2.46. The van der Waals surface area contributed by atoms with Crippen molar-refractivity contribution >= 4 is 15.7 Å². The van der Waals surface area contributed by atoms with Gasteiger partial charge in [-0.1, -0.05) is 0 Å². The van der Waals surface area contributed by atoms with Gasteiger partial charge in [0, 0.05) is 23.6 Å². The molecule has 0 aromatic carbocycles. The fraction of sp³-hybridized carbons (Fsp3) is 0.750. The molecule has 1 fully saturated rings. The summed E-state index contributed by atoms with van der Waals surface area (Å²) in [6.45, 7) is 1.27. The van der Waals surface area contributed by atoms with E-state index < -0.39 is 38.4 Å². The lowest BCUT2D eigenvalue weighted by molar-refractivity contribution is -0.142. The molecule has 2 aliphatic rings. The molecule has 1 unspecified atom stereocenters. The third kappa shape index (κ3) is 3.35. The van der Waals surface area contributed by atoms with Crippen LogP contribution in [0.2, 0.25) is 0 Å². The first-order valence-electron chi connectivity index (χ1n) is 8.60. The van der Waals surface area contributed by atoms with Crippen molar-refractivity contribution in [1.29, 1.82) is 0 Å². The Kier molecular flexibility index (Phi) is 4.61. The number of rotatable bonds is 5. The number of aromatic nitrogens is 2. The van der Waals surface area contributed by atoms with Crippen molar-refractivity contribution in [3.63, 3.8) is 0 Å². The highest BCUT2D eigenvalue weighted by molar-refractivity contribution is 7.92. The molecule has 146 valence electrons. The van der Waals surface area contributed by atoms with E-state index in [1.165, 1.54) is 0 Å². The third-order valence-corrected chi connectivity index (χ3v) is 7.71. The molecule has 0 aliphatic heterocycles. The number of nitrogens with one attached hydrogen (secondary N) is 1. The van der Waals surface area contributed by atoms with Gasteiger partial charge in [-0.25, -0.2) is 8.42 Å². The van der Waals surface area contributed by atoms with Crippen LogP contribution in [-0.4, -0.2) is 41.2 Å². The molecular weight excluding hydrogens is 371 g/mol. The second kappa shape index (κ2) is 6.24. The summed E-state index contributed by atoms with van der Waals surface area (Å²) in [5, 5.41) is 6.28. The van der Waals surface area contributed by atoms with Crippen molar-refractivity contribution in [1.82, 2.24) is 15.1 Å². The molecule has 1 heterocycles. The number of sulfone groups is 1. The lowest BCUT2D eigenvalue weighted by Crippen LogP contribution is -2.47. The molecule has 1 amide bonds. The van der Waals surface area contributed by atoms with Crippen molar-refractivity contribution in [2.75, 3.05) is 6.26 Å². The van der Waals surface area contributed by atoms with Crippen molar-refractivity contribution in [3.8, 4) is 0 Å². The molecule has 0 bridgehead atoms. The Bertz CT molecular complexity index is 826. The van der Waals surface area contributed by atoms with Crippen LogP contribution in [0.25, 0.3) is 0 Å². The molecule has 1 aromatic heterocycles. The van der Waals surface area contributed by atoms with Gasteiger partial charge in [-0.05, 0) is 45.4 Å². The number of carbonyl (C=O) groups excluding carboxylic acids is 1. The van der Waals surface area contributed by atoms with Crippen LogP contribution in [-0.2, 0) is 40.2 Å². The summed E-state index contributed by atoms with van der Waals surface area (Å²) in [6.07, 6.45) is -0.278. The van der Waals surface area contributed by atoms with Crippen molar-refractivity contribution in [3.05, 3.63) is 17.0 Å². The largest absolute Gasteiger partial charge is 0.435 e. The van der Waals surface area contributed by atoms with Gasteiger partial charge in [-0.3, -0.25) is 9.48 Å². The van der Waals surface area contributed by atoms with Crippen LogP contribution >= 0.6 is 0 Å². The van der Waals surface area contributed by atoms with Crippen LogP contribution in [0.1, 0.15) is 49.6 Å². The SMILES string of the molecule is CC(NC(=O)Cn1nc(C(F)(F)F)c2c1CCCC2)C1(S(C)(=O)=O)CC1. The standard InChI is InChI=1S/C16H22F3N3O3S/c1-10(15(7-8-15)26(2,24)25)20-13(23)9-22-12-6-4-3-5-11(12)14(21-22)16(17,18)19/h10H,3-9H2,1-2H3,(H,20,23). The zero-order valence-electron chi connectivity index (χ0n) is 14.7. The predicted octanol–water partition coefficient (Wildman–Crippen LogP) is 1.86. The number of hydrogen-bond donors (Lipinski definition) is 1. The van der Waals surface area contributed by atoms with Crippen molar-refractivity contribution in [2.24, 2.45) is 0 Å². The smallest absolute Gasteiger partial charge is 0.350 e. The number of nitrogens with zero attached hydrogens (tertiary/aromatic N) is 2. The van der Waals surface area contributed by atoms with E-state index in [-0.39, 0.29) is 12.1 Å². The molecule has 6 nitrogen and oxygen atoms in total. The Morgan fingerprint density at radius 3 is 2.46 bits per heavy atom. The molecule has 3 rings (SSSR count). The molecule has 1 aromatic rings. The monoisotopic (exact) mass is 393 g/mol. The first-order valence-corrected chi connectivity index (χ1v) is 10.5. The summed E-state index contributed by atoms with van der Waals surface area (Å²) in [4.78, 5) is 12.3. The van der Waals surface area contributed by atoms with E-state index in [0.29, 0.717) is 37.8 Å². The Hall–Kier alpha value is -1.58. The Morgan fingerprint density at radius 2 is 1.92 bits per heavy atom. The van der Waals surface area contributed by atoms with E-state index in [2.05, 4.69) is 10.4 Å². The van der Waals surface area contributed by atoms with Gasteiger partial charge in [0.2, 0.25) is 5.91 Å². The maximum Gasteiger partial charge on any atom is 0.435 e. The van der Waals surface area contributed by atoms with E-state index in [1.807, 2.05) is 0 Å². The van der Waals surface area contributed by atoms with Crippen LogP contribution in [0, 0.1) is 0 Å². The number of halogens is 3. The first-order chi connectivity index (χ1) is 12.0. The highest BCUT2D eigenvalue weighted by atomic mass is 32.2. The van der Waals surface area contributed by atoms with Gasteiger partial charge in [-0.2, -0.15) is 18.3 Å². The number of carbonyl (C=O) groups is 1. The van der Waals surface area contributed by atoms with Crippen LogP contribution in [0.4, 0.5) is 13.2 Å². The Labute approximate surface area is 150 Å². The summed E-state index contributed by atoms with van der Waals surface area (Å²) in [5.74, 6) is -0.531. The fourth-order valence-corrected chi connectivity index (χ4v) is 5.38. The van der Waals surface area contributed by atoms with Gasteiger partial charge in [0.05, 0.1) is 4.75 Å². The lowest BCUT2D eigenvalue weighted by Gasteiger charge is -2.23. The van der Waals surface area contributed by atoms with Gasteiger partial charge in [0.15, 0.2) is 15.5 Å². The topological polar surface area (TPSA) is 81.1 Å². The number of fused-ring (bicyclic) bond motifs is 1. The summed E-state index contributed by atoms with van der Waals surface area (Å²) < 4.78 is 63.6. The fourth-order valence-electron chi connectivity index (χ4n) is 3.83. The molecular formula is C16H22F3N3O3S. The normalized spacial score (nSPS) is 20.3. The molecule has 10 heteroatoms. The van der Waals surface area contributed by atoms with E-state index in [0.717, 1.165) is 17.4 Å². The van der Waals surface area contributed by atoms with E-state index in [4.69, 9.17) is 0 Å². The molecule has 1 saturated carbocycles. The second-order valence-corrected chi connectivity index (χ2v) is 9.62. The minimum absolute atomic E-state index is 0.180. The van der Waals surface area contributed by atoms with Gasteiger partial charge in [0.1, 0.15) is 6.54 Å². The quantitative estimate of drug-likeness (QED) is 0.828. The third-order valence-electron chi connectivity index (χ3n) is 5.47. The van der Waals surface area contributed by atoms with Gasteiger partial charge < -0.3 is 5.32 Å².